The highest BCUT2D eigenvalue weighted by Crippen LogP contribution is 2.52. The maximum Gasteiger partial charge on any atom is 0.255 e. The lowest BCUT2D eigenvalue weighted by Crippen LogP contribution is -2.65. The molecule has 0 aromatic heterocycles. The minimum atomic E-state index is -2.61. The molecular weight excluding hydrogens is 428 g/mol. The smallest absolute Gasteiger partial charge is 0.255 e. The van der Waals surface area contributed by atoms with E-state index >= 15 is 0 Å². The summed E-state index contributed by atoms with van der Waals surface area (Å²) >= 11 is 0. The van der Waals surface area contributed by atoms with E-state index in [9.17, 15) is 34.8 Å². The molecule has 0 radical (unpaired) electrons. The number of nitrogens with zero attached hydrogens (tertiary/aromatic N) is 1. The Hall–Kier alpha value is -3.17. The summed E-state index contributed by atoms with van der Waals surface area (Å²) in [6.45, 7) is 2.01. The minimum absolute atomic E-state index is 0.0903. The van der Waals surface area contributed by atoms with E-state index in [1.54, 1.807) is 20.2 Å². The van der Waals surface area contributed by atoms with Crippen LogP contribution in [0.5, 0.6) is 5.75 Å². The summed E-state index contributed by atoms with van der Waals surface area (Å²) in [6.07, 6.45) is 1.96. The molecular formula is C24H28N2O7. The van der Waals surface area contributed by atoms with Gasteiger partial charge in [0.1, 0.15) is 22.8 Å². The molecule has 1 aromatic carbocycles. The second-order valence-electron chi connectivity index (χ2n) is 9.31. The third kappa shape index (κ3) is 3.02. The highest BCUT2D eigenvalue weighted by atomic mass is 16.3. The van der Waals surface area contributed by atoms with Crippen molar-refractivity contribution in [1.29, 1.82) is 0 Å². The molecule has 9 heteroatoms. The van der Waals surface area contributed by atoms with E-state index in [0.29, 0.717) is 12.8 Å². The molecule has 33 heavy (non-hydrogen) atoms. The molecule has 176 valence electrons. The van der Waals surface area contributed by atoms with E-state index < -0.39 is 58.0 Å². The molecule has 0 aliphatic heterocycles. The maximum atomic E-state index is 13.7. The number of amides is 1. The molecule has 6 N–H and O–H groups in total. The summed E-state index contributed by atoms with van der Waals surface area (Å²) in [5.41, 5.74) is 3.55. The highest BCUT2D eigenvalue weighted by molar-refractivity contribution is 6.24. The van der Waals surface area contributed by atoms with Gasteiger partial charge in [-0.15, -0.1) is 0 Å². The quantitative estimate of drug-likeness (QED) is 0.418. The number of hydrogen-bond acceptors (Lipinski definition) is 8. The molecule has 0 saturated heterocycles. The summed E-state index contributed by atoms with van der Waals surface area (Å²) in [5, 5.41) is 43.9. The Morgan fingerprint density at radius 1 is 1.21 bits per heavy atom. The molecule has 3 aliphatic rings. The van der Waals surface area contributed by atoms with Crippen LogP contribution in [0.4, 0.5) is 0 Å². The van der Waals surface area contributed by atoms with Crippen molar-refractivity contribution in [2.24, 2.45) is 17.6 Å². The zero-order chi connectivity index (χ0) is 24.4. The van der Waals surface area contributed by atoms with Gasteiger partial charge in [0.25, 0.3) is 5.91 Å². The number of aryl methyl sites for hydroxylation is 1. The van der Waals surface area contributed by atoms with E-state index in [2.05, 4.69) is 0 Å². The van der Waals surface area contributed by atoms with Crippen LogP contribution >= 0.6 is 0 Å². The normalized spacial score (nSPS) is 29.2. The third-order valence-corrected chi connectivity index (χ3v) is 7.22. The molecule has 9 nitrogen and oxygen atoms in total. The molecule has 1 unspecified atom stereocenters. The Bertz CT molecular complexity index is 1150. The van der Waals surface area contributed by atoms with Crippen LogP contribution in [-0.4, -0.2) is 68.5 Å². The van der Waals surface area contributed by atoms with Gasteiger partial charge >= 0.3 is 0 Å². The van der Waals surface area contributed by atoms with Gasteiger partial charge in [0.05, 0.1) is 11.6 Å². The second-order valence-corrected chi connectivity index (χ2v) is 9.31. The molecule has 0 bridgehead atoms. The van der Waals surface area contributed by atoms with Crippen molar-refractivity contribution in [2.75, 3.05) is 14.1 Å². The number of likely N-dealkylation sites (N-methyl/N-ethyl adjacent to an activating group) is 1. The van der Waals surface area contributed by atoms with Crippen LogP contribution in [0.3, 0.4) is 0 Å². The molecule has 1 fully saturated rings. The number of ketones is 2. The summed E-state index contributed by atoms with van der Waals surface area (Å²) in [4.78, 5) is 40.2. The monoisotopic (exact) mass is 456 g/mol. The van der Waals surface area contributed by atoms with Crippen molar-refractivity contribution >= 4 is 23.2 Å². The zero-order valence-electron chi connectivity index (χ0n) is 18.8. The largest absolute Gasteiger partial charge is 0.508 e. The van der Waals surface area contributed by atoms with Crippen molar-refractivity contribution in [2.45, 2.75) is 44.2 Å². The van der Waals surface area contributed by atoms with E-state index in [1.165, 1.54) is 11.0 Å². The van der Waals surface area contributed by atoms with Crippen LogP contribution in [0.25, 0.3) is 5.76 Å². The van der Waals surface area contributed by atoms with Crippen LogP contribution in [0, 0.1) is 11.8 Å². The second kappa shape index (κ2) is 7.71. The lowest BCUT2D eigenvalue weighted by Gasteiger charge is -2.50. The van der Waals surface area contributed by atoms with Gasteiger partial charge in [0, 0.05) is 11.5 Å². The average Bonchev–Trinajstić information content (AvgIpc) is 2.72. The number of aromatic hydroxyl groups is 1. The molecule has 1 aromatic rings. The van der Waals surface area contributed by atoms with Crippen molar-refractivity contribution in [3.05, 3.63) is 45.7 Å². The topological polar surface area (TPSA) is 161 Å². The predicted octanol–water partition coefficient (Wildman–Crippen LogP) is 0.916. The first kappa shape index (κ1) is 23.0. The van der Waals surface area contributed by atoms with Gasteiger partial charge in [0.2, 0.25) is 5.78 Å². The Kier molecular flexibility index (Phi) is 5.37. The number of rotatable bonds is 4. The maximum absolute atomic E-state index is 13.7. The fraction of sp³-hybridized carbons (Fsp3) is 0.458. The summed E-state index contributed by atoms with van der Waals surface area (Å²) in [5.74, 6) is -6.36. The zero-order valence-corrected chi connectivity index (χ0v) is 18.8. The highest BCUT2D eigenvalue weighted by Gasteiger charge is 2.64. The first-order valence-electron chi connectivity index (χ1n) is 10.9. The van der Waals surface area contributed by atoms with E-state index in [4.69, 9.17) is 5.73 Å². The van der Waals surface area contributed by atoms with Crippen LogP contribution < -0.4 is 5.73 Å². The molecule has 0 heterocycles. The Balaban J connectivity index is 1.97. The average molecular weight is 456 g/mol. The number of nitrogens with two attached hydrogens (primary N) is 1. The fourth-order valence-electron chi connectivity index (χ4n) is 5.81. The van der Waals surface area contributed by atoms with Gasteiger partial charge in [-0.2, -0.15) is 0 Å². The number of aliphatic hydroxyl groups excluding tert-OH is 2. The predicted molar refractivity (Wildman–Crippen MR) is 118 cm³/mol. The molecule has 3 aliphatic carbocycles. The number of Topliss-reactive ketones (excluding diaryl/α,β-unsaturated/α-hetero) is 2. The van der Waals surface area contributed by atoms with Crippen LogP contribution in [0.15, 0.2) is 29.0 Å². The Labute approximate surface area is 190 Å². The first-order chi connectivity index (χ1) is 15.5. The van der Waals surface area contributed by atoms with Crippen LogP contribution in [-0.2, 0) is 27.2 Å². The SMILES string of the molecule is CCCc1ccc(O)c2c1C[C@@H]1C[C@@H]3C(N(C)C)C(=O)C(C(N)=O)=C(O)[C@]3(O)C(=O)C1=C2O. The third-order valence-electron chi connectivity index (χ3n) is 7.22. The fourth-order valence-corrected chi connectivity index (χ4v) is 5.81. The molecule has 1 amide bonds. The number of phenolic OH excluding ortho intramolecular Hbond substituents is 1. The number of fused-ring (bicyclic) bond motifs is 3. The van der Waals surface area contributed by atoms with Crippen molar-refractivity contribution in [3.63, 3.8) is 0 Å². The Morgan fingerprint density at radius 2 is 1.88 bits per heavy atom. The minimum Gasteiger partial charge on any atom is -0.508 e. The number of carbonyl (C=O) groups excluding carboxylic acids is 3. The number of carbonyl (C=O) groups is 3. The van der Waals surface area contributed by atoms with Crippen molar-refractivity contribution in [1.82, 2.24) is 4.90 Å². The molecule has 4 atom stereocenters. The lowest BCUT2D eigenvalue weighted by molar-refractivity contribution is -0.153. The van der Waals surface area contributed by atoms with Crippen LogP contribution in [0.2, 0.25) is 0 Å². The summed E-state index contributed by atoms with van der Waals surface area (Å²) in [7, 11) is 3.15. The van der Waals surface area contributed by atoms with Gasteiger partial charge in [0.15, 0.2) is 11.4 Å². The first-order valence-corrected chi connectivity index (χ1v) is 10.9. The standard InChI is InChI=1S/C24H28N2O7/c1-4-5-10-6-7-14(27)16-12(10)8-11-9-13-18(26(2)3)20(29)17(23(25)32)22(31)24(13,33)21(30)15(11)19(16)28/h6-7,11,13,18,27-28,31,33H,4-5,8-9H2,1-3H3,(H2,25,32)/t11-,13-,18?,24-/m1/s1. The van der Waals surface area contributed by atoms with E-state index in [0.717, 1.165) is 17.5 Å². The molecule has 1 saturated carbocycles. The number of benzene rings is 1. The number of aliphatic hydroxyl groups is 3. The van der Waals surface area contributed by atoms with Crippen LogP contribution in [0.1, 0.15) is 36.5 Å². The number of primary amides is 1. The molecule has 0 spiro atoms. The number of phenols is 1. The lowest BCUT2D eigenvalue weighted by atomic mass is 9.57. The van der Waals surface area contributed by atoms with E-state index in [-0.39, 0.29) is 23.3 Å². The van der Waals surface area contributed by atoms with Gasteiger partial charge in [-0.25, -0.2) is 0 Å². The van der Waals surface area contributed by atoms with Gasteiger partial charge in [-0.3, -0.25) is 19.3 Å². The van der Waals surface area contributed by atoms with E-state index in [1.807, 2.05) is 6.92 Å². The van der Waals surface area contributed by atoms with Crippen molar-refractivity contribution < 1.29 is 34.8 Å². The molecule has 4 rings (SSSR count). The van der Waals surface area contributed by atoms with Gasteiger partial charge < -0.3 is 26.2 Å². The summed E-state index contributed by atoms with van der Waals surface area (Å²) in [6, 6.07) is 2.16. The number of hydrogen-bond donors (Lipinski definition) is 5. The van der Waals surface area contributed by atoms with Crippen molar-refractivity contribution in [3.8, 4) is 5.75 Å². The Morgan fingerprint density at radius 3 is 2.45 bits per heavy atom. The van der Waals surface area contributed by atoms with Gasteiger partial charge in [-0.05, 0) is 56.5 Å². The summed E-state index contributed by atoms with van der Waals surface area (Å²) < 4.78 is 0. The van der Waals surface area contributed by atoms with Gasteiger partial charge in [-0.1, -0.05) is 19.4 Å².